The normalized spacial score (nSPS) is 10.8. The first kappa shape index (κ1) is 18.9. The average Bonchev–Trinajstić information content (AvgIpc) is 3.27. The van der Waals surface area contributed by atoms with Crippen LogP contribution in [-0.4, -0.2) is 32.9 Å². The second-order valence-electron chi connectivity index (χ2n) is 5.44. The average molecular weight is 394 g/mol. The lowest BCUT2D eigenvalue weighted by Gasteiger charge is -2.05. The highest BCUT2D eigenvalue weighted by Gasteiger charge is 2.15. The zero-order valence-corrected chi connectivity index (χ0v) is 15.1. The Morgan fingerprint density at radius 3 is 2.85 bits per heavy atom. The number of carbonyl (C=O) groups is 1. The van der Waals surface area contributed by atoms with Crippen molar-refractivity contribution in [3.8, 4) is 5.75 Å². The van der Waals surface area contributed by atoms with Crippen LogP contribution in [0, 0.1) is 11.6 Å². The highest BCUT2D eigenvalue weighted by atomic mass is 32.2. The van der Waals surface area contributed by atoms with Crippen LogP contribution in [0.25, 0.3) is 0 Å². The van der Waals surface area contributed by atoms with Gasteiger partial charge in [-0.15, -0.1) is 0 Å². The number of halogens is 2. The van der Waals surface area contributed by atoms with Gasteiger partial charge < -0.3 is 19.1 Å². The second-order valence-corrected chi connectivity index (χ2v) is 6.51. The smallest absolute Gasteiger partial charge is 0.273 e. The van der Waals surface area contributed by atoms with E-state index in [0.29, 0.717) is 12.3 Å². The van der Waals surface area contributed by atoms with Crippen LogP contribution < -0.4 is 10.1 Å². The van der Waals surface area contributed by atoms with Gasteiger partial charge in [-0.05, 0) is 12.1 Å². The fourth-order valence-corrected chi connectivity index (χ4v) is 2.93. The first-order valence-electron chi connectivity index (χ1n) is 7.95. The molecule has 0 saturated carbocycles. The van der Waals surface area contributed by atoms with Crippen LogP contribution >= 0.6 is 11.8 Å². The molecule has 0 aliphatic rings. The van der Waals surface area contributed by atoms with E-state index in [1.807, 2.05) is 17.8 Å². The monoisotopic (exact) mass is 394 g/mol. The molecule has 0 unspecified atom stereocenters. The summed E-state index contributed by atoms with van der Waals surface area (Å²) < 4.78 is 38.9. The molecule has 0 atom stereocenters. The van der Waals surface area contributed by atoms with E-state index < -0.39 is 23.3 Å². The number of aromatic nitrogens is 3. The van der Waals surface area contributed by atoms with Crippen molar-refractivity contribution in [1.29, 1.82) is 0 Å². The summed E-state index contributed by atoms with van der Waals surface area (Å²) in [4.78, 5) is 16.2. The summed E-state index contributed by atoms with van der Waals surface area (Å²) >= 11 is 1.51. The highest BCUT2D eigenvalue weighted by molar-refractivity contribution is 7.99. The van der Waals surface area contributed by atoms with E-state index in [4.69, 9.17) is 9.26 Å². The minimum Gasteiger partial charge on any atom is -0.479 e. The SMILES string of the molecule is Cn1ccnc1SCCNC(=O)c1cc(COc2c(F)cccc2F)on1. The number of hydrogen-bond acceptors (Lipinski definition) is 6. The van der Waals surface area contributed by atoms with Crippen molar-refractivity contribution in [2.24, 2.45) is 7.05 Å². The van der Waals surface area contributed by atoms with Gasteiger partial charge in [-0.3, -0.25) is 4.79 Å². The van der Waals surface area contributed by atoms with Crippen molar-refractivity contribution in [1.82, 2.24) is 20.0 Å². The van der Waals surface area contributed by atoms with Crippen molar-refractivity contribution < 1.29 is 22.8 Å². The molecule has 7 nitrogen and oxygen atoms in total. The van der Waals surface area contributed by atoms with Gasteiger partial charge >= 0.3 is 0 Å². The molecule has 1 amide bonds. The van der Waals surface area contributed by atoms with Crippen LogP contribution in [0.1, 0.15) is 16.2 Å². The summed E-state index contributed by atoms with van der Waals surface area (Å²) in [6, 6.07) is 4.77. The summed E-state index contributed by atoms with van der Waals surface area (Å²) in [5, 5.41) is 7.20. The molecule has 0 bridgehead atoms. The highest BCUT2D eigenvalue weighted by Crippen LogP contribution is 2.22. The fraction of sp³-hybridized carbons (Fsp3) is 0.235. The minimum absolute atomic E-state index is 0.0598. The summed E-state index contributed by atoms with van der Waals surface area (Å²) in [5.74, 6) is -1.76. The quantitative estimate of drug-likeness (QED) is 0.467. The Labute approximate surface area is 157 Å². The predicted molar refractivity (Wildman–Crippen MR) is 93.5 cm³/mol. The van der Waals surface area contributed by atoms with Crippen molar-refractivity contribution in [2.75, 3.05) is 12.3 Å². The number of aryl methyl sites for hydroxylation is 1. The van der Waals surface area contributed by atoms with E-state index in [0.717, 1.165) is 17.3 Å². The van der Waals surface area contributed by atoms with Crippen LogP contribution in [0.5, 0.6) is 5.75 Å². The molecule has 1 N–H and O–H groups in total. The van der Waals surface area contributed by atoms with E-state index in [1.165, 1.54) is 23.9 Å². The van der Waals surface area contributed by atoms with E-state index in [2.05, 4.69) is 15.5 Å². The van der Waals surface area contributed by atoms with Gasteiger partial charge in [0.25, 0.3) is 5.91 Å². The maximum atomic E-state index is 13.5. The Hall–Kier alpha value is -2.88. The van der Waals surface area contributed by atoms with Gasteiger partial charge in [0.1, 0.15) is 6.61 Å². The Morgan fingerprint density at radius 1 is 1.37 bits per heavy atom. The van der Waals surface area contributed by atoms with Crippen LogP contribution in [0.4, 0.5) is 8.78 Å². The second kappa shape index (κ2) is 8.67. The van der Waals surface area contributed by atoms with E-state index >= 15 is 0 Å². The first-order chi connectivity index (χ1) is 13.0. The molecule has 2 heterocycles. The molecule has 1 aromatic carbocycles. The number of ether oxygens (including phenoxy) is 1. The van der Waals surface area contributed by atoms with Crippen molar-refractivity contribution in [2.45, 2.75) is 11.8 Å². The van der Waals surface area contributed by atoms with Crippen LogP contribution in [-0.2, 0) is 13.7 Å². The Bertz CT molecular complexity index is 908. The number of rotatable bonds is 8. The summed E-state index contributed by atoms with van der Waals surface area (Å²) in [5.41, 5.74) is 0.0598. The number of hydrogen-bond donors (Lipinski definition) is 1. The van der Waals surface area contributed by atoms with Crippen LogP contribution in [0.15, 0.2) is 46.3 Å². The summed E-state index contributed by atoms with van der Waals surface area (Å²) in [6.07, 6.45) is 3.54. The van der Waals surface area contributed by atoms with Gasteiger partial charge in [-0.1, -0.05) is 23.0 Å². The van der Waals surface area contributed by atoms with Gasteiger partial charge in [-0.2, -0.15) is 0 Å². The largest absolute Gasteiger partial charge is 0.479 e. The number of carbonyl (C=O) groups excluding carboxylic acids is 1. The Morgan fingerprint density at radius 2 is 2.15 bits per heavy atom. The molecule has 142 valence electrons. The maximum Gasteiger partial charge on any atom is 0.273 e. The molecule has 10 heteroatoms. The standard InChI is InChI=1S/C17H16F2N4O3S/c1-23-7-5-21-17(23)27-8-6-20-16(24)14-9-11(26-22-14)10-25-15-12(18)3-2-4-13(15)19/h2-5,7,9H,6,8,10H2,1H3,(H,20,24). The molecule has 0 aliphatic carbocycles. The zero-order chi connectivity index (χ0) is 19.2. The van der Waals surface area contributed by atoms with Crippen LogP contribution in [0.3, 0.4) is 0 Å². The molecule has 0 fully saturated rings. The maximum absolute atomic E-state index is 13.5. The van der Waals surface area contributed by atoms with Crippen molar-refractivity contribution >= 4 is 17.7 Å². The third-order valence-corrected chi connectivity index (χ3v) is 4.52. The summed E-state index contributed by atoms with van der Waals surface area (Å²) in [7, 11) is 1.89. The number of imidazole rings is 1. The molecule has 2 aromatic heterocycles. The third-order valence-electron chi connectivity index (χ3n) is 3.47. The van der Waals surface area contributed by atoms with Gasteiger partial charge in [0.15, 0.2) is 34.0 Å². The molecular weight excluding hydrogens is 378 g/mol. The number of amides is 1. The molecule has 27 heavy (non-hydrogen) atoms. The molecule has 0 spiro atoms. The van der Waals surface area contributed by atoms with Crippen LogP contribution in [0.2, 0.25) is 0 Å². The molecule has 3 rings (SSSR count). The minimum atomic E-state index is -0.822. The molecule has 0 radical (unpaired) electrons. The number of nitrogens with zero attached hydrogens (tertiary/aromatic N) is 3. The van der Waals surface area contributed by atoms with Gasteiger partial charge in [-0.25, -0.2) is 13.8 Å². The number of para-hydroxylation sites is 1. The van der Waals surface area contributed by atoms with Gasteiger partial charge in [0.2, 0.25) is 0 Å². The number of nitrogens with one attached hydrogen (secondary N) is 1. The van der Waals surface area contributed by atoms with E-state index in [1.54, 1.807) is 6.20 Å². The fourth-order valence-electron chi connectivity index (χ4n) is 2.14. The zero-order valence-electron chi connectivity index (χ0n) is 14.3. The molecular formula is C17H16F2N4O3S. The molecule has 3 aromatic rings. The number of benzene rings is 1. The topological polar surface area (TPSA) is 82.2 Å². The lowest BCUT2D eigenvalue weighted by atomic mass is 10.3. The Balaban J connectivity index is 1.46. The number of thioether (sulfide) groups is 1. The summed E-state index contributed by atoms with van der Waals surface area (Å²) in [6.45, 7) is 0.155. The molecule has 0 saturated heterocycles. The third kappa shape index (κ3) is 4.85. The molecule has 0 aliphatic heterocycles. The van der Waals surface area contributed by atoms with Gasteiger partial charge in [0, 0.05) is 37.8 Å². The van der Waals surface area contributed by atoms with E-state index in [9.17, 15) is 13.6 Å². The van der Waals surface area contributed by atoms with Gasteiger partial charge in [0.05, 0.1) is 0 Å². The van der Waals surface area contributed by atoms with E-state index in [-0.39, 0.29) is 18.1 Å². The predicted octanol–water partition coefficient (Wildman–Crippen LogP) is 2.79. The Kier molecular flexibility index (Phi) is 6.07. The van der Waals surface area contributed by atoms with Crippen molar-refractivity contribution in [3.05, 3.63) is 59.7 Å². The first-order valence-corrected chi connectivity index (χ1v) is 8.94. The van der Waals surface area contributed by atoms with Crippen molar-refractivity contribution in [3.63, 3.8) is 0 Å². The lowest BCUT2D eigenvalue weighted by molar-refractivity contribution is 0.0947. The lowest BCUT2D eigenvalue weighted by Crippen LogP contribution is -2.26.